The number of hydrogen-bond acceptors (Lipinski definition) is 4. The number of anilines is 1. The number of carbonyl (C=O) groups is 2. The fraction of sp³-hybridized carbons (Fsp3) is 0.389. The van der Waals surface area contributed by atoms with Gasteiger partial charge in [0, 0.05) is 32.0 Å². The molecule has 0 aliphatic carbocycles. The van der Waals surface area contributed by atoms with E-state index in [0.29, 0.717) is 31.8 Å². The molecule has 2 amide bonds. The van der Waals surface area contributed by atoms with Crippen molar-refractivity contribution in [2.45, 2.75) is 25.8 Å². The Hall–Kier alpha value is -2.81. The second-order valence-corrected chi connectivity index (χ2v) is 6.17. The van der Waals surface area contributed by atoms with E-state index in [4.69, 9.17) is 4.74 Å². The second-order valence-electron chi connectivity index (χ2n) is 6.17. The van der Waals surface area contributed by atoms with Crippen LogP contribution < -0.4 is 10.6 Å². The minimum absolute atomic E-state index is 0.0753. The molecule has 0 spiro atoms. The number of halogens is 2. The van der Waals surface area contributed by atoms with Crippen molar-refractivity contribution >= 4 is 17.5 Å². The lowest BCUT2D eigenvalue weighted by atomic mass is 10.1. The van der Waals surface area contributed by atoms with Gasteiger partial charge in [0.1, 0.15) is 5.69 Å². The topological polar surface area (TPSA) is 85.2 Å². The lowest BCUT2D eigenvalue weighted by molar-refractivity contribution is 0.0931. The van der Waals surface area contributed by atoms with Crippen LogP contribution in [0.25, 0.3) is 0 Å². The molecule has 1 aliphatic rings. The van der Waals surface area contributed by atoms with Gasteiger partial charge in [0.2, 0.25) is 0 Å². The summed E-state index contributed by atoms with van der Waals surface area (Å²) in [5, 5.41) is 5.20. The Morgan fingerprint density at radius 1 is 1.22 bits per heavy atom. The molecule has 0 unspecified atom stereocenters. The Bertz CT molecular complexity index is 867. The molecule has 3 rings (SSSR count). The van der Waals surface area contributed by atoms with E-state index in [1.165, 1.54) is 13.2 Å². The van der Waals surface area contributed by atoms with E-state index in [1.807, 2.05) is 0 Å². The quantitative estimate of drug-likeness (QED) is 0.754. The number of ether oxygens (including phenoxy) is 1. The SMILES string of the molecule is COCCNC(=O)c1nc(C(=O)Nc2ccc(F)c(F)c2)n2c1CCCC2. The first-order valence-electron chi connectivity index (χ1n) is 8.64. The molecule has 2 aromatic rings. The van der Waals surface area contributed by atoms with Crippen molar-refractivity contribution in [3.05, 3.63) is 47.0 Å². The monoisotopic (exact) mass is 378 g/mol. The van der Waals surface area contributed by atoms with Crippen LogP contribution in [0, 0.1) is 11.6 Å². The molecule has 1 aliphatic heterocycles. The molecule has 1 aromatic heterocycles. The molecule has 2 N–H and O–H groups in total. The van der Waals surface area contributed by atoms with Crippen molar-refractivity contribution in [1.29, 1.82) is 0 Å². The van der Waals surface area contributed by atoms with Gasteiger partial charge in [-0.1, -0.05) is 0 Å². The number of aromatic nitrogens is 2. The Labute approximate surface area is 154 Å². The molecule has 7 nitrogen and oxygen atoms in total. The number of nitrogens with zero attached hydrogens (tertiary/aromatic N) is 2. The van der Waals surface area contributed by atoms with Crippen LogP contribution in [0.2, 0.25) is 0 Å². The molecule has 9 heteroatoms. The summed E-state index contributed by atoms with van der Waals surface area (Å²) >= 11 is 0. The molecule has 0 fully saturated rings. The van der Waals surface area contributed by atoms with Gasteiger partial charge in [-0.25, -0.2) is 13.8 Å². The molecule has 0 saturated heterocycles. The fourth-order valence-electron chi connectivity index (χ4n) is 3.01. The highest BCUT2D eigenvalue weighted by Gasteiger charge is 2.27. The molecule has 27 heavy (non-hydrogen) atoms. The van der Waals surface area contributed by atoms with E-state index < -0.39 is 17.5 Å². The van der Waals surface area contributed by atoms with Gasteiger partial charge in [0.25, 0.3) is 11.8 Å². The van der Waals surface area contributed by atoms with E-state index in [-0.39, 0.29) is 23.1 Å². The zero-order valence-corrected chi connectivity index (χ0v) is 14.8. The summed E-state index contributed by atoms with van der Waals surface area (Å²) in [6, 6.07) is 3.08. The average Bonchev–Trinajstić information content (AvgIpc) is 3.05. The van der Waals surface area contributed by atoms with Crippen LogP contribution in [0.15, 0.2) is 18.2 Å². The first kappa shape index (κ1) is 19.0. The number of imidazole rings is 1. The lowest BCUT2D eigenvalue weighted by Gasteiger charge is -2.17. The summed E-state index contributed by atoms with van der Waals surface area (Å²) in [4.78, 5) is 29.3. The number of fused-ring (bicyclic) bond motifs is 1. The number of carbonyl (C=O) groups excluding carboxylic acids is 2. The Balaban J connectivity index is 1.85. The van der Waals surface area contributed by atoms with Gasteiger partial charge in [-0.2, -0.15) is 0 Å². The summed E-state index contributed by atoms with van der Waals surface area (Å²) in [5.74, 6) is -2.94. The highest BCUT2D eigenvalue weighted by molar-refractivity contribution is 6.03. The first-order valence-corrected chi connectivity index (χ1v) is 8.64. The van der Waals surface area contributed by atoms with E-state index in [0.717, 1.165) is 25.0 Å². The van der Waals surface area contributed by atoms with E-state index in [9.17, 15) is 18.4 Å². The van der Waals surface area contributed by atoms with Gasteiger partial charge in [-0.15, -0.1) is 0 Å². The second kappa shape index (κ2) is 8.26. The Morgan fingerprint density at radius 3 is 2.78 bits per heavy atom. The van der Waals surface area contributed by atoms with Crippen molar-refractivity contribution in [2.75, 3.05) is 25.6 Å². The number of benzene rings is 1. The number of nitrogens with one attached hydrogen (secondary N) is 2. The van der Waals surface area contributed by atoms with Crippen LogP contribution in [0.1, 0.15) is 39.6 Å². The highest BCUT2D eigenvalue weighted by Crippen LogP contribution is 2.22. The van der Waals surface area contributed by atoms with E-state index in [1.54, 1.807) is 4.57 Å². The Kier molecular flexibility index (Phi) is 5.80. The maximum atomic E-state index is 13.4. The molecule has 0 atom stereocenters. The van der Waals surface area contributed by atoms with Crippen molar-refractivity contribution < 1.29 is 23.1 Å². The largest absolute Gasteiger partial charge is 0.383 e. The van der Waals surface area contributed by atoms with Crippen molar-refractivity contribution in [2.24, 2.45) is 0 Å². The van der Waals surface area contributed by atoms with Crippen LogP contribution in [-0.4, -0.2) is 41.6 Å². The van der Waals surface area contributed by atoms with E-state index >= 15 is 0 Å². The summed E-state index contributed by atoms with van der Waals surface area (Å²) in [6.07, 6.45) is 2.40. The van der Waals surface area contributed by atoms with Crippen LogP contribution in [-0.2, 0) is 17.7 Å². The van der Waals surface area contributed by atoms with E-state index in [2.05, 4.69) is 15.6 Å². The van der Waals surface area contributed by atoms with Gasteiger partial charge in [0.05, 0.1) is 12.3 Å². The predicted molar refractivity (Wildman–Crippen MR) is 93.7 cm³/mol. The summed E-state index contributed by atoms with van der Waals surface area (Å²) in [5.41, 5.74) is 1.02. The lowest BCUT2D eigenvalue weighted by Crippen LogP contribution is -2.28. The number of hydrogen-bond donors (Lipinski definition) is 2. The fourth-order valence-corrected chi connectivity index (χ4v) is 3.01. The van der Waals surface area contributed by atoms with Gasteiger partial charge in [0.15, 0.2) is 17.5 Å². The number of amides is 2. The van der Waals surface area contributed by atoms with Crippen molar-refractivity contribution in [1.82, 2.24) is 14.9 Å². The van der Waals surface area contributed by atoms with Crippen LogP contribution in [0.4, 0.5) is 14.5 Å². The maximum absolute atomic E-state index is 13.4. The van der Waals surface area contributed by atoms with Gasteiger partial charge in [-0.05, 0) is 31.4 Å². The zero-order valence-electron chi connectivity index (χ0n) is 14.8. The molecule has 0 saturated carbocycles. The molecule has 0 bridgehead atoms. The maximum Gasteiger partial charge on any atom is 0.291 e. The smallest absolute Gasteiger partial charge is 0.291 e. The molecule has 2 heterocycles. The molecule has 144 valence electrons. The minimum atomic E-state index is -1.06. The standard InChI is InChI=1S/C18H20F2N4O3/c1-27-9-7-21-17(25)15-14-4-2-3-8-24(14)16(23-15)18(26)22-11-5-6-12(19)13(20)10-11/h5-6,10H,2-4,7-9H2,1H3,(H,21,25)(H,22,26). The molecule has 0 radical (unpaired) electrons. The predicted octanol–water partition coefficient (Wildman–Crippen LogP) is 2.13. The van der Waals surface area contributed by atoms with Crippen molar-refractivity contribution in [3.8, 4) is 0 Å². The highest BCUT2D eigenvalue weighted by atomic mass is 19.2. The van der Waals surface area contributed by atoms with Gasteiger partial charge in [-0.3, -0.25) is 9.59 Å². The van der Waals surface area contributed by atoms with Gasteiger partial charge >= 0.3 is 0 Å². The normalized spacial score (nSPS) is 13.1. The Morgan fingerprint density at radius 2 is 2.04 bits per heavy atom. The third kappa shape index (κ3) is 4.13. The minimum Gasteiger partial charge on any atom is -0.383 e. The third-order valence-electron chi connectivity index (χ3n) is 4.31. The number of rotatable bonds is 6. The zero-order chi connectivity index (χ0) is 19.4. The summed E-state index contributed by atoms with van der Waals surface area (Å²) < 4.78 is 33.0. The number of methoxy groups -OCH3 is 1. The summed E-state index contributed by atoms with van der Waals surface area (Å²) in [7, 11) is 1.53. The third-order valence-corrected chi connectivity index (χ3v) is 4.31. The molecular formula is C18H20F2N4O3. The molecular weight excluding hydrogens is 358 g/mol. The van der Waals surface area contributed by atoms with Gasteiger partial charge < -0.3 is 19.9 Å². The van der Waals surface area contributed by atoms with Crippen molar-refractivity contribution in [3.63, 3.8) is 0 Å². The summed E-state index contributed by atoms with van der Waals surface area (Å²) in [6.45, 7) is 1.26. The molecule has 1 aromatic carbocycles. The first-order chi connectivity index (χ1) is 13.0. The van der Waals surface area contributed by atoms with Crippen LogP contribution in [0.5, 0.6) is 0 Å². The average molecular weight is 378 g/mol. The van der Waals surface area contributed by atoms with Crippen LogP contribution >= 0.6 is 0 Å². The van der Waals surface area contributed by atoms with Crippen LogP contribution in [0.3, 0.4) is 0 Å².